The molecule has 0 unspecified atom stereocenters. The summed E-state index contributed by atoms with van der Waals surface area (Å²) in [5.41, 5.74) is 0.102. The van der Waals surface area contributed by atoms with Crippen LogP contribution < -0.4 is 10.6 Å². The smallest absolute Gasteiger partial charge is 0.407 e. The Morgan fingerprint density at radius 3 is 2.44 bits per heavy atom. The first-order chi connectivity index (χ1) is 7.31. The van der Waals surface area contributed by atoms with Crippen LogP contribution in [-0.4, -0.2) is 31.3 Å². The number of hydrogen-bond donors (Lipinski definition) is 2. The van der Waals surface area contributed by atoms with E-state index in [9.17, 15) is 4.79 Å². The van der Waals surface area contributed by atoms with Gasteiger partial charge in [0, 0.05) is 19.6 Å². The van der Waals surface area contributed by atoms with Gasteiger partial charge in [-0.3, -0.25) is 0 Å². The second kappa shape index (κ2) is 5.04. The highest BCUT2D eigenvalue weighted by Gasteiger charge is 2.36. The summed E-state index contributed by atoms with van der Waals surface area (Å²) < 4.78 is 5.12. The molecule has 0 heterocycles. The Bertz CT molecular complexity index is 242. The fourth-order valence-corrected chi connectivity index (χ4v) is 1.35. The van der Waals surface area contributed by atoms with Crippen molar-refractivity contribution in [3.63, 3.8) is 0 Å². The van der Waals surface area contributed by atoms with Crippen LogP contribution in [0.1, 0.15) is 40.5 Å². The van der Waals surface area contributed by atoms with Crippen molar-refractivity contribution in [1.82, 2.24) is 10.6 Å². The predicted molar refractivity (Wildman–Crippen MR) is 64.4 cm³/mol. The average Bonchev–Trinajstić information content (AvgIpc) is 2.80. The summed E-state index contributed by atoms with van der Waals surface area (Å²) in [6.45, 7) is 10.3. The average molecular weight is 228 g/mol. The van der Waals surface area contributed by atoms with E-state index in [4.69, 9.17) is 4.74 Å². The van der Waals surface area contributed by atoms with Crippen LogP contribution in [0.3, 0.4) is 0 Å². The summed E-state index contributed by atoms with van der Waals surface area (Å²) in [7, 11) is 0. The molecular formula is C12H24N2O2. The first-order valence-corrected chi connectivity index (χ1v) is 5.98. The number of carbonyl (C=O) groups is 1. The van der Waals surface area contributed by atoms with E-state index in [0.717, 1.165) is 13.1 Å². The Morgan fingerprint density at radius 2 is 1.94 bits per heavy atom. The van der Waals surface area contributed by atoms with Gasteiger partial charge in [-0.15, -0.1) is 0 Å². The molecule has 0 bridgehead atoms. The molecule has 1 aliphatic carbocycles. The van der Waals surface area contributed by atoms with E-state index in [2.05, 4.69) is 17.6 Å². The molecule has 1 saturated carbocycles. The first kappa shape index (κ1) is 13.3. The van der Waals surface area contributed by atoms with Crippen molar-refractivity contribution in [3.8, 4) is 0 Å². The molecule has 4 nitrogen and oxygen atoms in total. The Morgan fingerprint density at radius 1 is 1.31 bits per heavy atom. The van der Waals surface area contributed by atoms with E-state index in [0.29, 0.717) is 12.0 Å². The quantitative estimate of drug-likeness (QED) is 0.707. The maximum absolute atomic E-state index is 11.3. The van der Waals surface area contributed by atoms with E-state index in [1.165, 1.54) is 12.8 Å². The van der Waals surface area contributed by atoms with Gasteiger partial charge in [0.15, 0.2) is 0 Å². The van der Waals surface area contributed by atoms with E-state index in [-0.39, 0.29) is 6.09 Å². The van der Waals surface area contributed by atoms with Crippen molar-refractivity contribution in [1.29, 1.82) is 0 Å². The van der Waals surface area contributed by atoms with Crippen molar-refractivity contribution in [2.75, 3.05) is 19.6 Å². The molecule has 0 aromatic carbocycles. The lowest BCUT2D eigenvalue weighted by Crippen LogP contribution is -2.37. The fraction of sp³-hybridized carbons (Fsp3) is 0.917. The summed E-state index contributed by atoms with van der Waals surface area (Å²) in [6.07, 6.45) is 2.30. The number of rotatable bonds is 5. The summed E-state index contributed by atoms with van der Waals surface area (Å²) in [4.78, 5) is 11.3. The summed E-state index contributed by atoms with van der Waals surface area (Å²) in [5.74, 6) is 0. The molecule has 1 fully saturated rings. The number of amides is 1. The maximum atomic E-state index is 11.3. The number of nitrogens with one attached hydrogen (secondary N) is 2. The molecule has 0 spiro atoms. The standard InChI is InChI=1S/C12H24N2O2/c1-11(2,3)16-10(15)14-8-7-13-9-12(4)5-6-12/h13H,5-9H2,1-4H3,(H,14,15). The van der Waals surface area contributed by atoms with Gasteiger partial charge in [-0.05, 0) is 39.0 Å². The molecule has 0 saturated heterocycles. The van der Waals surface area contributed by atoms with Crippen LogP contribution in [0, 0.1) is 5.41 Å². The molecule has 1 amide bonds. The molecule has 1 aliphatic rings. The monoisotopic (exact) mass is 228 g/mol. The minimum atomic E-state index is -0.418. The van der Waals surface area contributed by atoms with Crippen molar-refractivity contribution in [2.45, 2.75) is 46.1 Å². The zero-order valence-electron chi connectivity index (χ0n) is 10.9. The van der Waals surface area contributed by atoms with Gasteiger partial charge in [-0.25, -0.2) is 4.79 Å². The maximum Gasteiger partial charge on any atom is 0.407 e. The molecule has 0 aromatic heterocycles. The second-order valence-electron chi connectivity index (χ2n) is 5.92. The number of hydrogen-bond acceptors (Lipinski definition) is 3. The van der Waals surface area contributed by atoms with Crippen LogP contribution in [0.25, 0.3) is 0 Å². The molecule has 0 aliphatic heterocycles. The zero-order valence-corrected chi connectivity index (χ0v) is 10.9. The van der Waals surface area contributed by atoms with Gasteiger partial charge in [0.25, 0.3) is 0 Å². The predicted octanol–water partition coefficient (Wildman–Crippen LogP) is 1.90. The summed E-state index contributed by atoms with van der Waals surface area (Å²) in [6, 6.07) is 0. The van der Waals surface area contributed by atoms with Gasteiger partial charge in [0.1, 0.15) is 5.60 Å². The molecule has 0 aromatic rings. The molecule has 1 rings (SSSR count). The highest BCUT2D eigenvalue weighted by atomic mass is 16.6. The Labute approximate surface area is 98.1 Å². The lowest BCUT2D eigenvalue weighted by Gasteiger charge is -2.19. The van der Waals surface area contributed by atoms with Gasteiger partial charge < -0.3 is 15.4 Å². The van der Waals surface area contributed by atoms with E-state index in [1.807, 2.05) is 20.8 Å². The minimum Gasteiger partial charge on any atom is -0.444 e. The summed E-state index contributed by atoms with van der Waals surface area (Å²) >= 11 is 0. The van der Waals surface area contributed by atoms with Crippen molar-refractivity contribution < 1.29 is 9.53 Å². The van der Waals surface area contributed by atoms with E-state index in [1.54, 1.807) is 0 Å². The molecule has 4 heteroatoms. The van der Waals surface area contributed by atoms with E-state index >= 15 is 0 Å². The van der Waals surface area contributed by atoms with Gasteiger partial charge in [0.2, 0.25) is 0 Å². The molecular weight excluding hydrogens is 204 g/mol. The minimum absolute atomic E-state index is 0.341. The third-order valence-electron chi connectivity index (χ3n) is 2.63. The van der Waals surface area contributed by atoms with Gasteiger partial charge >= 0.3 is 6.09 Å². The Balaban J connectivity index is 1.96. The third kappa shape index (κ3) is 5.95. The summed E-state index contributed by atoms with van der Waals surface area (Å²) in [5, 5.41) is 6.06. The number of ether oxygens (including phenoxy) is 1. The SMILES string of the molecule is CC1(CNCCNC(=O)OC(C)(C)C)CC1. The van der Waals surface area contributed by atoms with Crippen LogP contribution in [0.2, 0.25) is 0 Å². The Kier molecular flexibility index (Phi) is 4.19. The van der Waals surface area contributed by atoms with Crippen molar-refractivity contribution >= 4 is 6.09 Å². The number of carbonyl (C=O) groups excluding carboxylic acids is 1. The van der Waals surface area contributed by atoms with Crippen LogP contribution in [-0.2, 0) is 4.74 Å². The lowest BCUT2D eigenvalue weighted by molar-refractivity contribution is 0.0528. The molecule has 0 radical (unpaired) electrons. The van der Waals surface area contributed by atoms with Crippen molar-refractivity contribution in [2.24, 2.45) is 5.41 Å². The molecule has 2 N–H and O–H groups in total. The second-order valence-corrected chi connectivity index (χ2v) is 5.92. The number of alkyl carbamates (subject to hydrolysis) is 1. The van der Waals surface area contributed by atoms with Crippen molar-refractivity contribution in [3.05, 3.63) is 0 Å². The Hall–Kier alpha value is -0.770. The van der Waals surface area contributed by atoms with Crippen LogP contribution in [0.15, 0.2) is 0 Å². The zero-order chi connectivity index (χ0) is 12.2. The topological polar surface area (TPSA) is 50.4 Å². The first-order valence-electron chi connectivity index (χ1n) is 5.98. The molecule has 16 heavy (non-hydrogen) atoms. The van der Waals surface area contributed by atoms with Gasteiger partial charge in [-0.2, -0.15) is 0 Å². The normalized spacial score (nSPS) is 18.0. The third-order valence-corrected chi connectivity index (χ3v) is 2.63. The molecule has 0 atom stereocenters. The fourth-order valence-electron chi connectivity index (χ4n) is 1.35. The van der Waals surface area contributed by atoms with Crippen LogP contribution >= 0.6 is 0 Å². The lowest BCUT2D eigenvalue weighted by atomic mass is 10.1. The van der Waals surface area contributed by atoms with Crippen LogP contribution in [0.5, 0.6) is 0 Å². The largest absolute Gasteiger partial charge is 0.444 e. The van der Waals surface area contributed by atoms with Gasteiger partial charge in [-0.1, -0.05) is 6.92 Å². The van der Waals surface area contributed by atoms with Crippen LogP contribution in [0.4, 0.5) is 4.79 Å². The van der Waals surface area contributed by atoms with E-state index < -0.39 is 5.60 Å². The molecule has 94 valence electrons. The highest BCUT2D eigenvalue weighted by molar-refractivity contribution is 5.67. The van der Waals surface area contributed by atoms with Gasteiger partial charge in [0.05, 0.1) is 0 Å². The highest BCUT2D eigenvalue weighted by Crippen LogP contribution is 2.43.